The maximum atomic E-state index is 11.9. The highest BCUT2D eigenvalue weighted by Gasteiger charge is 2.36. The third-order valence-corrected chi connectivity index (χ3v) is 3.69. The number of nitrogens with zero attached hydrogens (tertiary/aromatic N) is 1. The summed E-state index contributed by atoms with van der Waals surface area (Å²) in [7, 11) is 1.52. The van der Waals surface area contributed by atoms with Gasteiger partial charge in [-0.2, -0.15) is 0 Å². The molecule has 98 valence electrons. The zero-order chi connectivity index (χ0) is 13.2. The molecule has 1 fully saturated rings. The summed E-state index contributed by atoms with van der Waals surface area (Å²) in [6.45, 7) is 5.20. The van der Waals surface area contributed by atoms with Crippen molar-refractivity contribution in [1.29, 1.82) is 0 Å². The zero-order valence-electron chi connectivity index (χ0n) is 11.0. The highest BCUT2D eigenvalue weighted by atomic mass is 16.4. The summed E-state index contributed by atoms with van der Waals surface area (Å²) in [5.74, 6) is -0.368. The summed E-state index contributed by atoms with van der Waals surface area (Å²) in [4.78, 5) is 24.2. The molecule has 17 heavy (non-hydrogen) atoms. The normalized spacial score (nSPS) is 24.5. The monoisotopic (exact) mass is 242 g/mol. The van der Waals surface area contributed by atoms with Crippen LogP contribution in [0.15, 0.2) is 0 Å². The van der Waals surface area contributed by atoms with Crippen molar-refractivity contribution < 1.29 is 14.7 Å². The highest BCUT2D eigenvalue weighted by Crippen LogP contribution is 2.25. The summed E-state index contributed by atoms with van der Waals surface area (Å²) in [5, 5.41) is 11.9. The first-order chi connectivity index (χ1) is 7.75. The molecule has 1 saturated carbocycles. The van der Waals surface area contributed by atoms with Crippen molar-refractivity contribution in [3.8, 4) is 0 Å². The summed E-state index contributed by atoms with van der Waals surface area (Å²) in [6.07, 6.45) is 3.08. The van der Waals surface area contributed by atoms with Crippen LogP contribution in [0.4, 0.5) is 4.79 Å². The van der Waals surface area contributed by atoms with Crippen molar-refractivity contribution in [3.05, 3.63) is 0 Å². The van der Waals surface area contributed by atoms with E-state index in [1.165, 1.54) is 25.8 Å². The van der Waals surface area contributed by atoms with Gasteiger partial charge in [0.2, 0.25) is 0 Å². The molecule has 0 aliphatic heterocycles. The smallest absolute Gasteiger partial charge is 0.329 e. The van der Waals surface area contributed by atoms with Crippen molar-refractivity contribution >= 4 is 12.0 Å². The van der Waals surface area contributed by atoms with Gasteiger partial charge in [0, 0.05) is 13.1 Å². The van der Waals surface area contributed by atoms with Gasteiger partial charge in [-0.05, 0) is 39.0 Å². The Bertz CT molecular complexity index is 315. The van der Waals surface area contributed by atoms with Crippen molar-refractivity contribution in [3.63, 3.8) is 0 Å². The van der Waals surface area contributed by atoms with Crippen molar-refractivity contribution in [2.75, 3.05) is 7.05 Å². The Morgan fingerprint density at radius 1 is 1.35 bits per heavy atom. The first-order valence-electron chi connectivity index (χ1n) is 6.03. The van der Waals surface area contributed by atoms with E-state index in [1.807, 2.05) is 0 Å². The van der Waals surface area contributed by atoms with Crippen LogP contribution in [0, 0.1) is 5.92 Å². The van der Waals surface area contributed by atoms with Gasteiger partial charge in [0.1, 0.15) is 5.54 Å². The lowest BCUT2D eigenvalue weighted by Crippen LogP contribution is -2.55. The van der Waals surface area contributed by atoms with Gasteiger partial charge in [-0.3, -0.25) is 0 Å². The number of rotatable bonds is 3. The molecular formula is C12H22N2O3. The maximum Gasteiger partial charge on any atom is 0.329 e. The fourth-order valence-corrected chi connectivity index (χ4v) is 2.01. The van der Waals surface area contributed by atoms with Crippen LogP contribution in [0.2, 0.25) is 0 Å². The standard InChI is InChI=1S/C12H22N2O3/c1-8-5-6-9(7-8)13-11(17)14(4)12(2,3)10(15)16/h8-9H,5-7H2,1-4H3,(H,13,17)(H,15,16). The molecule has 2 N–H and O–H groups in total. The van der Waals surface area contributed by atoms with E-state index in [9.17, 15) is 9.59 Å². The fourth-order valence-electron chi connectivity index (χ4n) is 2.01. The second-order valence-corrected chi connectivity index (χ2v) is 5.49. The van der Waals surface area contributed by atoms with Gasteiger partial charge >= 0.3 is 12.0 Å². The van der Waals surface area contributed by atoms with Gasteiger partial charge in [0.25, 0.3) is 0 Å². The Morgan fingerprint density at radius 2 is 1.94 bits per heavy atom. The number of urea groups is 1. The molecule has 0 saturated heterocycles. The number of aliphatic carboxylic acids is 1. The van der Waals surface area contributed by atoms with Gasteiger partial charge in [-0.25, -0.2) is 9.59 Å². The molecular weight excluding hydrogens is 220 g/mol. The summed E-state index contributed by atoms with van der Waals surface area (Å²) in [5.41, 5.74) is -1.19. The van der Waals surface area contributed by atoms with Gasteiger partial charge in [-0.15, -0.1) is 0 Å². The maximum absolute atomic E-state index is 11.9. The molecule has 1 rings (SSSR count). The highest BCUT2D eigenvalue weighted by molar-refractivity contribution is 5.85. The number of carboxylic acids is 1. The van der Waals surface area contributed by atoms with Gasteiger partial charge in [0.15, 0.2) is 0 Å². The SMILES string of the molecule is CC1CCC(NC(=O)N(C)C(C)(C)C(=O)O)C1. The molecule has 0 aromatic rings. The second-order valence-electron chi connectivity index (χ2n) is 5.49. The molecule has 0 aromatic heterocycles. The molecule has 2 unspecified atom stereocenters. The molecule has 0 spiro atoms. The van der Waals surface area contributed by atoms with Crippen LogP contribution in [0.1, 0.15) is 40.0 Å². The molecule has 0 aromatic carbocycles. The van der Waals surface area contributed by atoms with Crippen LogP contribution in [-0.2, 0) is 4.79 Å². The van der Waals surface area contributed by atoms with Crippen LogP contribution in [-0.4, -0.2) is 40.6 Å². The number of hydrogen-bond donors (Lipinski definition) is 2. The van der Waals surface area contributed by atoms with Gasteiger partial charge in [-0.1, -0.05) is 6.92 Å². The number of amides is 2. The number of carbonyl (C=O) groups excluding carboxylic acids is 1. The second kappa shape index (κ2) is 4.94. The van der Waals surface area contributed by atoms with E-state index < -0.39 is 11.5 Å². The average molecular weight is 242 g/mol. The Balaban J connectivity index is 2.56. The largest absolute Gasteiger partial charge is 0.480 e. The predicted molar refractivity (Wildman–Crippen MR) is 64.8 cm³/mol. The van der Waals surface area contributed by atoms with E-state index in [-0.39, 0.29) is 12.1 Å². The van der Waals surface area contributed by atoms with E-state index in [1.54, 1.807) is 0 Å². The lowest BCUT2D eigenvalue weighted by molar-refractivity contribution is -0.146. The van der Waals surface area contributed by atoms with Crippen LogP contribution in [0.5, 0.6) is 0 Å². The van der Waals surface area contributed by atoms with Crippen LogP contribution >= 0.6 is 0 Å². The third kappa shape index (κ3) is 3.11. The molecule has 5 nitrogen and oxygen atoms in total. The molecule has 1 aliphatic rings. The van der Waals surface area contributed by atoms with E-state index in [2.05, 4.69) is 12.2 Å². The first-order valence-corrected chi connectivity index (χ1v) is 6.03. The first kappa shape index (κ1) is 13.8. The van der Waals surface area contributed by atoms with Crippen LogP contribution in [0.3, 0.4) is 0 Å². The predicted octanol–water partition coefficient (Wildman–Crippen LogP) is 1.68. The van der Waals surface area contributed by atoms with Crippen LogP contribution in [0.25, 0.3) is 0 Å². The quantitative estimate of drug-likeness (QED) is 0.791. The Morgan fingerprint density at radius 3 is 2.35 bits per heavy atom. The van der Waals surface area contributed by atoms with E-state index >= 15 is 0 Å². The Labute approximate surface area is 102 Å². The van der Waals surface area contributed by atoms with E-state index in [4.69, 9.17) is 5.11 Å². The van der Waals surface area contributed by atoms with E-state index in [0.29, 0.717) is 5.92 Å². The molecule has 2 amide bonds. The number of carbonyl (C=O) groups is 2. The van der Waals surface area contributed by atoms with Gasteiger partial charge < -0.3 is 15.3 Å². The van der Waals surface area contributed by atoms with Crippen molar-refractivity contribution in [2.24, 2.45) is 5.92 Å². The lowest BCUT2D eigenvalue weighted by atomic mass is 10.0. The summed E-state index contributed by atoms with van der Waals surface area (Å²) < 4.78 is 0. The van der Waals surface area contributed by atoms with Gasteiger partial charge in [0.05, 0.1) is 0 Å². The topological polar surface area (TPSA) is 69.6 Å². The zero-order valence-corrected chi connectivity index (χ0v) is 11.0. The minimum Gasteiger partial charge on any atom is -0.480 e. The van der Waals surface area contributed by atoms with Crippen LogP contribution < -0.4 is 5.32 Å². The minimum atomic E-state index is -1.19. The molecule has 5 heteroatoms. The molecule has 0 radical (unpaired) electrons. The van der Waals surface area contributed by atoms with E-state index in [0.717, 1.165) is 19.3 Å². The molecule has 0 heterocycles. The summed E-state index contributed by atoms with van der Waals surface area (Å²) >= 11 is 0. The third-order valence-electron chi connectivity index (χ3n) is 3.69. The minimum absolute atomic E-state index is 0.185. The molecule has 1 aliphatic carbocycles. The number of likely N-dealkylation sites (N-methyl/N-ethyl adjacent to an activating group) is 1. The average Bonchev–Trinajstić information content (AvgIpc) is 2.62. The molecule has 0 bridgehead atoms. The fraction of sp³-hybridized carbons (Fsp3) is 0.833. The number of hydrogen-bond acceptors (Lipinski definition) is 2. The Kier molecular flexibility index (Phi) is 4.01. The number of nitrogens with one attached hydrogen (secondary N) is 1. The Hall–Kier alpha value is -1.26. The number of carboxylic acid groups (broad SMARTS) is 1. The lowest BCUT2D eigenvalue weighted by Gasteiger charge is -2.32. The summed E-state index contributed by atoms with van der Waals surface area (Å²) in [6, 6.07) is -0.124. The van der Waals surface area contributed by atoms with Crippen molar-refractivity contribution in [1.82, 2.24) is 10.2 Å². The van der Waals surface area contributed by atoms with Crippen molar-refractivity contribution in [2.45, 2.75) is 51.6 Å². The molecule has 2 atom stereocenters.